The summed E-state index contributed by atoms with van der Waals surface area (Å²) in [6, 6.07) is 0. The van der Waals surface area contributed by atoms with E-state index in [1.165, 1.54) is 0 Å². The molecular weight excluding hydrogens is 533 g/mol. The number of alkyl halides is 19. The first-order valence-electron chi connectivity index (χ1n) is 6.14. The van der Waals surface area contributed by atoms with Gasteiger partial charge >= 0.3 is 52.9 Å². The fraction of sp³-hybridized carbons (Fsp3) is 1.00. The predicted octanol–water partition coefficient (Wildman–Crippen LogP) is 5.81. The molecule has 1 unspecified atom stereocenters. The van der Waals surface area contributed by atoms with Crippen LogP contribution in [0.2, 0.25) is 0 Å². The molecule has 0 saturated heterocycles. The van der Waals surface area contributed by atoms with Gasteiger partial charge in [0.25, 0.3) is 0 Å². The molecule has 0 aromatic heterocycles. The maximum Gasteiger partial charge on any atom is 0.460 e. The smallest absolute Gasteiger partial charge is 0.301 e. The van der Waals surface area contributed by atoms with Crippen LogP contribution in [0, 0.1) is 0 Å². The fourth-order valence-corrected chi connectivity index (χ4v) is 1.80. The van der Waals surface area contributed by atoms with E-state index in [2.05, 4.69) is 0 Å². The van der Waals surface area contributed by atoms with Gasteiger partial charge in [0.1, 0.15) is 0 Å². The molecule has 0 aromatic rings. The van der Waals surface area contributed by atoms with Crippen molar-refractivity contribution >= 4 is 11.1 Å². The molecule has 22 heteroatoms. The van der Waals surface area contributed by atoms with Crippen LogP contribution in [-0.4, -0.2) is 61.7 Å². The Morgan fingerprint density at radius 1 is 0.387 bits per heavy atom. The van der Waals surface area contributed by atoms with Crippen molar-refractivity contribution in [3.05, 3.63) is 0 Å². The van der Waals surface area contributed by atoms with Crippen molar-refractivity contribution in [2.45, 2.75) is 52.9 Å². The third-order valence-corrected chi connectivity index (χ3v) is 4.00. The molecule has 0 spiro atoms. The summed E-state index contributed by atoms with van der Waals surface area (Å²) in [5, 5.41) is -7.40. The second-order valence-electron chi connectivity index (χ2n) is 5.28. The lowest BCUT2D eigenvalue weighted by molar-refractivity contribution is -0.466. The van der Waals surface area contributed by atoms with Crippen molar-refractivity contribution in [2.24, 2.45) is 0 Å². The summed E-state index contributed by atoms with van der Waals surface area (Å²) in [5.41, 5.74) is 0. The van der Waals surface area contributed by atoms with Crippen LogP contribution in [0.5, 0.6) is 0 Å². The average Bonchev–Trinajstić information content (AvgIpc) is 2.52. The molecule has 0 aliphatic rings. The highest BCUT2D eigenvalue weighted by molar-refractivity contribution is 7.80. The summed E-state index contributed by atoms with van der Waals surface area (Å²) in [5.74, 6) is -61.2. The summed E-state index contributed by atoms with van der Waals surface area (Å²) in [7, 11) is 0. The second kappa shape index (κ2) is 7.14. The maximum atomic E-state index is 13.1. The topological polar surface area (TPSA) is 37.3 Å². The largest absolute Gasteiger partial charge is 0.460 e. The third kappa shape index (κ3) is 3.50. The quantitative estimate of drug-likeness (QED) is 0.316. The zero-order chi connectivity index (χ0) is 26.1. The maximum absolute atomic E-state index is 13.1. The second-order valence-corrected chi connectivity index (χ2v) is 6.30. The highest BCUT2D eigenvalue weighted by atomic mass is 32.2. The van der Waals surface area contributed by atoms with Crippen LogP contribution in [-0.2, 0) is 11.1 Å². The van der Waals surface area contributed by atoms with Gasteiger partial charge in [0.05, 0.1) is 0 Å². The molecule has 0 aliphatic heterocycles. The molecule has 0 rings (SSSR count). The van der Waals surface area contributed by atoms with Crippen LogP contribution in [0.4, 0.5) is 83.4 Å². The van der Waals surface area contributed by atoms with E-state index in [1.807, 2.05) is 0 Å². The zero-order valence-electron chi connectivity index (χ0n) is 12.9. The minimum atomic E-state index is -9.04. The fourth-order valence-electron chi connectivity index (χ4n) is 1.46. The Kier molecular flexibility index (Phi) is 6.86. The average molecular weight is 534 g/mol. The van der Waals surface area contributed by atoms with Gasteiger partial charge in [-0.15, -0.1) is 0 Å². The highest BCUT2D eigenvalue weighted by Gasteiger charge is 2.97. The Labute approximate surface area is 157 Å². The summed E-state index contributed by atoms with van der Waals surface area (Å²) in [4.78, 5) is 0. The Morgan fingerprint density at radius 3 is 0.774 bits per heavy atom. The predicted molar refractivity (Wildman–Crippen MR) is 56.4 cm³/mol. The van der Waals surface area contributed by atoms with Crippen molar-refractivity contribution in [3.8, 4) is 0 Å². The van der Waals surface area contributed by atoms with Crippen LogP contribution in [0.15, 0.2) is 0 Å². The molecule has 0 radical (unpaired) electrons. The molecule has 188 valence electrons. The van der Waals surface area contributed by atoms with Crippen molar-refractivity contribution in [3.63, 3.8) is 0 Å². The minimum absolute atomic E-state index is 5.66. The van der Waals surface area contributed by atoms with Crippen molar-refractivity contribution in [2.75, 3.05) is 0 Å². The summed E-state index contributed by atoms with van der Waals surface area (Å²) >= 11 is -5.66. The summed E-state index contributed by atoms with van der Waals surface area (Å²) in [6.07, 6.45) is -7.95. The van der Waals surface area contributed by atoms with Crippen LogP contribution in [0.25, 0.3) is 0 Å². The molecule has 0 amide bonds. The van der Waals surface area contributed by atoms with Crippen LogP contribution < -0.4 is 0 Å². The van der Waals surface area contributed by atoms with Gasteiger partial charge in [-0.3, -0.25) is 0 Å². The van der Waals surface area contributed by atoms with Crippen LogP contribution >= 0.6 is 0 Å². The van der Waals surface area contributed by atoms with Gasteiger partial charge in [-0.05, 0) is 0 Å². The lowest BCUT2D eigenvalue weighted by Crippen LogP contribution is -2.76. The molecule has 0 heterocycles. The van der Waals surface area contributed by atoms with Crippen LogP contribution in [0.3, 0.4) is 0 Å². The molecule has 0 saturated carbocycles. The van der Waals surface area contributed by atoms with Gasteiger partial charge in [-0.2, -0.15) is 83.4 Å². The Hall–Kier alpha value is -1.22. The monoisotopic (exact) mass is 534 g/mol. The molecule has 31 heavy (non-hydrogen) atoms. The molecule has 2 nitrogen and oxygen atoms in total. The standard InChI is InChI=1S/C9HF19O2S/c10-1(11,2(12,13)4(16,17)6(20,21)8(24,25)26)3(14,15)5(18,19)7(22,23)9(27,28)31(29)30/h(H,29,30). The molecule has 0 fully saturated rings. The molecule has 0 aromatic carbocycles. The number of hydrogen-bond donors (Lipinski definition) is 1. The SMILES string of the molecule is O=S(O)C(F)(F)C(F)(F)C(F)(F)C(F)(F)C(F)(F)C(F)(F)C(F)(F)C(F)(F)C(F)(F)F. The Bertz CT molecular complexity index is 706. The first kappa shape index (κ1) is 29.8. The molecule has 1 atom stereocenters. The van der Waals surface area contributed by atoms with Gasteiger partial charge in [0.2, 0.25) is 11.1 Å². The van der Waals surface area contributed by atoms with E-state index in [0.717, 1.165) is 0 Å². The first-order valence-corrected chi connectivity index (χ1v) is 7.25. The Morgan fingerprint density at radius 2 is 0.581 bits per heavy atom. The normalized spacial score (nSPS) is 17.7. The van der Waals surface area contributed by atoms with E-state index in [-0.39, 0.29) is 0 Å². The first-order chi connectivity index (χ1) is 12.9. The zero-order valence-corrected chi connectivity index (χ0v) is 13.8. The number of halogens is 19. The van der Waals surface area contributed by atoms with Gasteiger partial charge in [0, 0.05) is 0 Å². The number of rotatable bonds is 8. The molecule has 1 N–H and O–H groups in total. The van der Waals surface area contributed by atoms with E-state index in [0.29, 0.717) is 0 Å². The molecule has 0 bridgehead atoms. The Balaban J connectivity index is 6.95. The lowest BCUT2D eigenvalue weighted by atomic mass is 9.89. The summed E-state index contributed by atoms with van der Waals surface area (Å²) < 4.78 is 260. The molecular formula is C9HF19O2S. The van der Waals surface area contributed by atoms with Gasteiger partial charge in [-0.1, -0.05) is 0 Å². The van der Waals surface area contributed by atoms with Crippen molar-refractivity contribution in [1.29, 1.82) is 0 Å². The van der Waals surface area contributed by atoms with Crippen LogP contribution in [0.1, 0.15) is 0 Å². The van der Waals surface area contributed by atoms with E-state index < -0.39 is 64.0 Å². The van der Waals surface area contributed by atoms with E-state index in [1.54, 1.807) is 0 Å². The van der Waals surface area contributed by atoms with E-state index >= 15 is 0 Å². The van der Waals surface area contributed by atoms with E-state index in [4.69, 9.17) is 4.55 Å². The minimum Gasteiger partial charge on any atom is -0.301 e. The lowest BCUT2D eigenvalue weighted by Gasteiger charge is -2.43. The van der Waals surface area contributed by atoms with Gasteiger partial charge < -0.3 is 4.55 Å². The third-order valence-electron chi connectivity index (χ3n) is 3.31. The number of hydrogen-bond acceptors (Lipinski definition) is 1. The summed E-state index contributed by atoms with van der Waals surface area (Å²) in [6.45, 7) is 0. The molecule has 0 aliphatic carbocycles. The highest BCUT2D eigenvalue weighted by Crippen LogP contribution is 2.65. The van der Waals surface area contributed by atoms with E-state index in [9.17, 15) is 87.6 Å². The van der Waals surface area contributed by atoms with Crippen molar-refractivity contribution in [1.82, 2.24) is 0 Å². The van der Waals surface area contributed by atoms with Crippen molar-refractivity contribution < 1.29 is 92.2 Å². The van der Waals surface area contributed by atoms with Gasteiger partial charge in [0.15, 0.2) is 0 Å². The van der Waals surface area contributed by atoms with Gasteiger partial charge in [-0.25, -0.2) is 4.21 Å².